The lowest BCUT2D eigenvalue weighted by Crippen LogP contribution is -2.28. The second kappa shape index (κ2) is 4.46. The molecule has 1 amide bonds. The molecular formula is C17H13NOS. The van der Waals surface area contributed by atoms with Gasteiger partial charge in [0.2, 0.25) is 0 Å². The van der Waals surface area contributed by atoms with Crippen LogP contribution >= 0.6 is 11.3 Å². The van der Waals surface area contributed by atoms with Crippen LogP contribution in [0.1, 0.15) is 15.2 Å². The van der Waals surface area contributed by atoms with E-state index in [2.05, 4.69) is 29.6 Å². The molecule has 98 valence electrons. The molecule has 0 fully saturated rings. The lowest BCUT2D eigenvalue weighted by atomic mass is 10.1. The van der Waals surface area contributed by atoms with Gasteiger partial charge in [-0.3, -0.25) is 4.79 Å². The number of carbonyl (C=O) groups excluding carboxylic acids is 1. The fourth-order valence-corrected chi connectivity index (χ4v) is 3.58. The number of carbonyl (C=O) groups is 1. The van der Waals surface area contributed by atoms with Gasteiger partial charge in [-0.05, 0) is 35.4 Å². The zero-order valence-corrected chi connectivity index (χ0v) is 11.7. The van der Waals surface area contributed by atoms with Gasteiger partial charge in [-0.1, -0.05) is 30.3 Å². The summed E-state index contributed by atoms with van der Waals surface area (Å²) >= 11 is 1.75. The van der Waals surface area contributed by atoms with Gasteiger partial charge in [0.25, 0.3) is 5.91 Å². The van der Waals surface area contributed by atoms with Gasteiger partial charge in [-0.25, -0.2) is 0 Å². The van der Waals surface area contributed by atoms with Crippen LogP contribution < -0.4 is 4.90 Å². The summed E-state index contributed by atoms with van der Waals surface area (Å²) in [5.41, 5.74) is 1.89. The molecule has 20 heavy (non-hydrogen) atoms. The van der Waals surface area contributed by atoms with Gasteiger partial charge < -0.3 is 4.90 Å². The topological polar surface area (TPSA) is 20.3 Å². The number of benzene rings is 2. The first-order valence-electron chi connectivity index (χ1n) is 6.70. The van der Waals surface area contributed by atoms with Gasteiger partial charge in [-0.2, -0.15) is 0 Å². The first-order valence-corrected chi connectivity index (χ1v) is 7.58. The van der Waals surface area contributed by atoms with Crippen molar-refractivity contribution in [1.29, 1.82) is 0 Å². The van der Waals surface area contributed by atoms with Gasteiger partial charge in [0, 0.05) is 22.4 Å². The van der Waals surface area contributed by atoms with Crippen molar-refractivity contribution in [3.05, 3.63) is 64.4 Å². The fourth-order valence-electron chi connectivity index (χ4n) is 2.88. The molecule has 1 aliphatic heterocycles. The van der Waals surface area contributed by atoms with Gasteiger partial charge in [-0.15, -0.1) is 11.3 Å². The van der Waals surface area contributed by atoms with Crippen LogP contribution in [0.25, 0.3) is 10.8 Å². The van der Waals surface area contributed by atoms with Crippen LogP contribution in [-0.4, -0.2) is 12.5 Å². The Balaban J connectivity index is 1.73. The minimum absolute atomic E-state index is 0.133. The summed E-state index contributed by atoms with van der Waals surface area (Å²) in [6.07, 6.45) is 0.910. The van der Waals surface area contributed by atoms with Crippen molar-refractivity contribution in [2.75, 3.05) is 11.4 Å². The monoisotopic (exact) mass is 279 g/mol. The third-order valence-corrected chi connectivity index (χ3v) is 4.75. The summed E-state index contributed by atoms with van der Waals surface area (Å²) in [5, 5.41) is 4.33. The molecule has 3 heteroatoms. The van der Waals surface area contributed by atoms with E-state index < -0.39 is 0 Å². The number of hydrogen-bond donors (Lipinski definition) is 0. The minimum atomic E-state index is 0.133. The maximum absolute atomic E-state index is 12.6. The smallest absolute Gasteiger partial charge is 0.259 e. The van der Waals surface area contributed by atoms with E-state index in [4.69, 9.17) is 0 Å². The van der Waals surface area contributed by atoms with E-state index in [1.54, 1.807) is 11.3 Å². The highest BCUT2D eigenvalue weighted by molar-refractivity contribution is 7.09. The van der Waals surface area contributed by atoms with E-state index in [0.29, 0.717) is 0 Å². The highest BCUT2D eigenvalue weighted by Crippen LogP contribution is 2.37. The number of anilines is 1. The second-order valence-corrected chi connectivity index (χ2v) is 6.00. The minimum Gasteiger partial charge on any atom is -0.307 e. The molecule has 0 aliphatic carbocycles. The van der Waals surface area contributed by atoms with E-state index in [-0.39, 0.29) is 5.91 Å². The molecule has 0 bridgehead atoms. The SMILES string of the molecule is O=C1c2cccc3cccc(c23)N1CCc1cccs1. The number of hydrogen-bond acceptors (Lipinski definition) is 2. The maximum atomic E-state index is 12.6. The Labute approximate surface area is 121 Å². The standard InChI is InChI=1S/C17H13NOS/c19-17-14-7-1-4-12-5-2-8-15(16(12)14)18(17)10-9-13-6-3-11-20-13/h1-8,11H,9-10H2. The molecule has 0 saturated carbocycles. The Kier molecular flexibility index (Phi) is 2.60. The van der Waals surface area contributed by atoms with Crippen molar-refractivity contribution < 1.29 is 4.79 Å². The summed E-state index contributed by atoms with van der Waals surface area (Å²) < 4.78 is 0. The lowest BCUT2D eigenvalue weighted by molar-refractivity contribution is 0.0993. The number of nitrogens with zero attached hydrogens (tertiary/aromatic N) is 1. The third-order valence-electron chi connectivity index (χ3n) is 3.81. The van der Waals surface area contributed by atoms with Crippen LogP contribution in [0.3, 0.4) is 0 Å². The highest BCUT2D eigenvalue weighted by Gasteiger charge is 2.28. The van der Waals surface area contributed by atoms with Gasteiger partial charge in [0.1, 0.15) is 0 Å². The van der Waals surface area contributed by atoms with Crippen molar-refractivity contribution in [1.82, 2.24) is 0 Å². The second-order valence-electron chi connectivity index (χ2n) is 4.97. The summed E-state index contributed by atoms with van der Waals surface area (Å²) in [6, 6.07) is 16.3. The molecule has 4 rings (SSSR count). The zero-order chi connectivity index (χ0) is 13.5. The highest BCUT2D eigenvalue weighted by atomic mass is 32.1. The van der Waals surface area contributed by atoms with Crippen LogP contribution in [0.4, 0.5) is 5.69 Å². The average Bonchev–Trinajstić information content (AvgIpc) is 3.08. The third kappa shape index (κ3) is 1.67. The quantitative estimate of drug-likeness (QED) is 0.706. The molecule has 0 spiro atoms. The molecule has 0 N–H and O–H groups in total. The Hall–Kier alpha value is -2.13. The fraction of sp³-hybridized carbons (Fsp3) is 0.118. The van der Waals surface area contributed by atoms with Crippen LogP contribution in [0.5, 0.6) is 0 Å². The normalized spacial score (nSPS) is 13.4. The Morgan fingerprint density at radius 3 is 2.65 bits per heavy atom. The first-order chi connectivity index (χ1) is 9.84. The molecule has 1 aromatic heterocycles. The van der Waals surface area contributed by atoms with Crippen LogP contribution in [-0.2, 0) is 6.42 Å². The molecule has 0 unspecified atom stereocenters. The molecular weight excluding hydrogens is 266 g/mol. The Bertz CT molecular complexity index is 787. The van der Waals surface area contributed by atoms with Gasteiger partial charge >= 0.3 is 0 Å². The first kappa shape index (κ1) is 11.7. The largest absolute Gasteiger partial charge is 0.307 e. The van der Waals surface area contributed by atoms with Crippen LogP contribution in [0.15, 0.2) is 53.9 Å². The molecule has 0 atom stereocenters. The molecule has 1 aliphatic rings. The van der Waals surface area contributed by atoms with Crippen molar-refractivity contribution in [2.24, 2.45) is 0 Å². The number of rotatable bonds is 3. The summed E-state index contributed by atoms with van der Waals surface area (Å²) in [4.78, 5) is 15.8. The van der Waals surface area contributed by atoms with E-state index in [1.165, 1.54) is 4.88 Å². The lowest BCUT2D eigenvalue weighted by Gasteiger charge is -2.17. The molecule has 3 aromatic rings. The van der Waals surface area contributed by atoms with Gasteiger partial charge in [0.15, 0.2) is 0 Å². The van der Waals surface area contributed by atoms with Crippen LogP contribution in [0.2, 0.25) is 0 Å². The zero-order valence-electron chi connectivity index (χ0n) is 10.9. The molecule has 2 aromatic carbocycles. The van der Waals surface area contributed by atoms with Crippen molar-refractivity contribution in [3.63, 3.8) is 0 Å². The van der Waals surface area contributed by atoms with E-state index in [0.717, 1.165) is 35.0 Å². The van der Waals surface area contributed by atoms with E-state index >= 15 is 0 Å². The maximum Gasteiger partial charge on any atom is 0.259 e. The van der Waals surface area contributed by atoms with Crippen molar-refractivity contribution >= 4 is 33.7 Å². The van der Waals surface area contributed by atoms with E-state index in [9.17, 15) is 4.79 Å². The molecule has 2 heterocycles. The Morgan fingerprint density at radius 1 is 1.00 bits per heavy atom. The summed E-state index contributed by atoms with van der Waals surface area (Å²) in [5.74, 6) is 0.133. The predicted molar refractivity (Wildman–Crippen MR) is 83.6 cm³/mol. The Morgan fingerprint density at radius 2 is 1.85 bits per heavy atom. The number of thiophene rings is 1. The predicted octanol–water partition coefficient (Wildman–Crippen LogP) is 4.10. The van der Waals surface area contributed by atoms with Crippen LogP contribution in [0, 0.1) is 0 Å². The molecule has 0 radical (unpaired) electrons. The van der Waals surface area contributed by atoms with Crippen molar-refractivity contribution in [2.45, 2.75) is 6.42 Å². The van der Waals surface area contributed by atoms with Crippen molar-refractivity contribution in [3.8, 4) is 0 Å². The average molecular weight is 279 g/mol. The summed E-state index contributed by atoms with van der Waals surface area (Å²) in [6.45, 7) is 0.743. The van der Waals surface area contributed by atoms with Gasteiger partial charge in [0.05, 0.1) is 5.69 Å². The summed E-state index contributed by atoms with van der Waals surface area (Å²) in [7, 11) is 0. The molecule has 2 nitrogen and oxygen atoms in total. The number of amides is 1. The molecule has 0 saturated heterocycles. The van der Waals surface area contributed by atoms with E-state index in [1.807, 2.05) is 29.2 Å².